The molecule has 0 bridgehead atoms. The number of para-hydroxylation sites is 1. The molecule has 0 saturated heterocycles. The second kappa shape index (κ2) is 11.3. The molecule has 2 amide bonds. The summed E-state index contributed by atoms with van der Waals surface area (Å²) in [6.07, 6.45) is 1.30. The molecule has 0 unspecified atom stereocenters. The molecule has 176 valence electrons. The van der Waals surface area contributed by atoms with E-state index < -0.39 is 17.6 Å². The highest BCUT2D eigenvalue weighted by Gasteiger charge is 2.16. The monoisotopic (exact) mass is 483 g/mol. The molecule has 0 atom stereocenters. The zero-order valence-electron chi connectivity index (χ0n) is 18.8. The Labute approximate surface area is 201 Å². The third-order valence-corrected chi connectivity index (χ3v) is 5.43. The maximum Gasteiger partial charge on any atom is 0.329 e. The van der Waals surface area contributed by atoms with E-state index in [1.54, 1.807) is 36.4 Å². The first-order valence-corrected chi connectivity index (χ1v) is 10.6. The average Bonchev–Trinajstić information content (AvgIpc) is 2.82. The average molecular weight is 484 g/mol. The van der Waals surface area contributed by atoms with Crippen molar-refractivity contribution in [2.45, 2.75) is 20.5 Å². The highest BCUT2D eigenvalue weighted by Crippen LogP contribution is 2.32. The number of nitrogens with one attached hydrogen (secondary N) is 2. The van der Waals surface area contributed by atoms with Crippen molar-refractivity contribution in [3.8, 4) is 11.5 Å². The van der Waals surface area contributed by atoms with Crippen molar-refractivity contribution in [2.75, 3.05) is 12.4 Å². The van der Waals surface area contributed by atoms with Gasteiger partial charge < -0.3 is 14.8 Å². The first-order chi connectivity index (χ1) is 16.3. The van der Waals surface area contributed by atoms with Gasteiger partial charge in [-0.05, 0) is 55.3 Å². The number of halogens is 2. The predicted octanol–water partition coefficient (Wildman–Crippen LogP) is 4.77. The SMILES string of the molecule is COc1cccc(/C=N\NC(=O)C(=O)Nc2cccc(C)c2C)c1OCc1c(F)cccc1Cl. The number of hydrogen-bond donors (Lipinski definition) is 2. The van der Waals surface area contributed by atoms with Gasteiger partial charge >= 0.3 is 11.8 Å². The molecule has 2 N–H and O–H groups in total. The van der Waals surface area contributed by atoms with E-state index in [4.69, 9.17) is 21.1 Å². The summed E-state index contributed by atoms with van der Waals surface area (Å²) >= 11 is 6.07. The molecule has 9 heteroatoms. The number of anilines is 1. The molecule has 0 spiro atoms. The lowest BCUT2D eigenvalue weighted by Gasteiger charge is -2.14. The van der Waals surface area contributed by atoms with E-state index >= 15 is 0 Å². The van der Waals surface area contributed by atoms with Crippen molar-refractivity contribution in [1.82, 2.24) is 5.43 Å². The highest BCUT2D eigenvalue weighted by atomic mass is 35.5. The van der Waals surface area contributed by atoms with Gasteiger partial charge in [-0.1, -0.05) is 35.9 Å². The van der Waals surface area contributed by atoms with Gasteiger partial charge in [-0.2, -0.15) is 5.10 Å². The Kier molecular flexibility index (Phi) is 8.21. The van der Waals surface area contributed by atoms with Gasteiger partial charge in [-0.15, -0.1) is 0 Å². The Morgan fingerprint density at radius 1 is 1.06 bits per heavy atom. The lowest BCUT2D eigenvalue weighted by molar-refractivity contribution is -0.136. The van der Waals surface area contributed by atoms with Gasteiger partial charge in [0.25, 0.3) is 0 Å². The van der Waals surface area contributed by atoms with Crippen LogP contribution in [-0.4, -0.2) is 25.1 Å². The van der Waals surface area contributed by atoms with Crippen molar-refractivity contribution < 1.29 is 23.5 Å². The molecule has 0 saturated carbocycles. The van der Waals surface area contributed by atoms with Gasteiger partial charge in [0.1, 0.15) is 12.4 Å². The second-order valence-electron chi connectivity index (χ2n) is 7.27. The largest absolute Gasteiger partial charge is 0.493 e. The fourth-order valence-electron chi connectivity index (χ4n) is 3.04. The van der Waals surface area contributed by atoms with Crippen LogP contribution < -0.4 is 20.2 Å². The molecule has 3 aromatic rings. The normalized spacial score (nSPS) is 10.7. The van der Waals surface area contributed by atoms with Crippen molar-refractivity contribution in [2.24, 2.45) is 5.10 Å². The quantitative estimate of drug-likeness (QED) is 0.288. The Bertz CT molecular complexity index is 1230. The first-order valence-electron chi connectivity index (χ1n) is 10.2. The van der Waals surface area contributed by atoms with Crippen molar-refractivity contribution >= 4 is 35.3 Å². The number of nitrogens with zero attached hydrogens (tertiary/aromatic N) is 1. The van der Waals surface area contributed by atoms with E-state index in [0.29, 0.717) is 17.0 Å². The van der Waals surface area contributed by atoms with E-state index in [9.17, 15) is 14.0 Å². The van der Waals surface area contributed by atoms with Crippen LogP contribution in [0, 0.1) is 19.7 Å². The summed E-state index contributed by atoms with van der Waals surface area (Å²) < 4.78 is 25.2. The summed E-state index contributed by atoms with van der Waals surface area (Å²) in [4.78, 5) is 24.4. The Morgan fingerprint density at radius 3 is 2.53 bits per heavy atom. The van der Waals surface area contributed by atoms with E-state index in [0.717, 1.165) is 11.1 Å². The van der Waals surface area contributed by atoms with Crippen LogP contribution in [0.1, 0.15) is 22.3 Å². The molecule has 0 heterocycles. The van der Waals surface area contributed by atoms with E-state index in [1.807, 2.05) is 19.9 Å². The maximum absolute atomic E-state index is 14.1. The van der Waals surface area contributed by atoms with Crippen LogP contribution in [0.25, 0.3) is 0 Å². The predicted molar refractivity (Wildman–Crippen MR) is 129 cm³/mol. The van der Waals surface area contributed by atoms with Gasteiger partial charge in [-0.3, -0.25) is 9.59 Å². The minimum Gasteiger partial charge on any atom is -0.493 e. The maximum atomic E-state index is 14.1. The molecule has 0 aliphatic rings. The number of methoxy groups -OCH3 is 1. The Balaban J connectivity index is 1.71. The van der Waals surface area contributed by atoms with Gasteiger partial charge in [0.15, 0.2) is 11.5 Å². The van der Waals surface area contributed by atoms with Crippen molar-refractivity contribution in [3.05, 3.63) is 87.7 Å². The molecule has 0 aliphatic heterocycles. The number of aryl methyl sites for hydroxylation is 1. The number of ether oxygens (including phenoxy) is 2. The summed E-state index contributed by atoms with van der Waals surface area (Å²) in [6.45, 7) is 3.60. The third kappa shape index (κ3) is 5.90. The van der Waals surface area contributed by atoms with E-state index in [-0.39, 0.29) is 22.9 Å². The van der Waals surface area contributed by atoms with Crippen molar-refractivity contribution in [3.63, 3.8) is 0 Å². The lowest BCUT2D eigenvalue weighted by Crippen LogP contribution is -2.32. The van der Waals surface area contributed by atoms with Crippen LogP contribution in [0.2, 0.25) is 5.02 Å². The smallest absolute Gasteiger partial charge is 0.329 e. The Hall–Kier alpha value is -3.91. The van der Waals surface area contributed by atoms with Crippen LogP contribution in [0.15, 0.2) is 59.7 Å². The van der Waals surface area contributed by atoms with Gasteiger partial charge in [0.05, 0.1) is 18.3 Å². The molecular weight excluding hydrogens is 461 g/mol. The number of benzene rings is 3. The number of amides is 2. The first kappa shape index (κ1) is 24.7. The molecular formula is C25H23ClFN3O4. The van der Waals surface area contributed by atoms with Crippen molar-refractivity contribution in [1.29, 1.82) is 0 Å². The van der Waals surface area contributed by atoms with E-state index in [2.05, 4.69) is 15.8 Å². The third-order valence-electron chi connectivity index (χ3n) is 5.08. The number of rotatable bonds is 7. The number of hydrogen-bond acceptors (Lipinski definition) is 5. The van der Waals surface area contributed by atoms with Gasteiger partial charge in [-0.25, -0.2) is 9.82 Å². The lowest BCUT2D eigenvalue weighted by atomic mass is 10.1. The topological polar surface area (TPSA) is 89.0 Å². The molecule has 0 aromatic heterocycles. The molecule has 3 rings (SSSR count). The summed E-state index contributed by atoms with van der Waals surface area (Å²) in [5, 5.41) is 6.64. The second-order valence-corrected chi connectivity index (χ2v) is 7.68. The summed E-state index contributed by atoms with van der Waals surface area (Å²) in [5.74, 6) is -1.67. The zero-order valence-corrected chi connectivity index (χ0v) is 19.6. The molecule has 34 heavy (non-hydrogen) atoms. The van der Waals surface area contributed by atoms with Crippen LogP contribution >= 0.6 is 11.6 Å². The van der Waals surface area contributed by atoms with Crippen LogP contribution in [0.4, 0.5) is 10.1 Å². The molecule has 3 aromatic carbocycles. The minimum atomic E-state index is -0.944. The fraction of sp³-hybridized carbons (Fsp3) is 0.160. The van der Waals surface area contributed by atoms with Crippen LogP contribution in [0.5, 0.6) is 11.5 Å². The van der Waals surface area contributed by atoms with Crippen LogP contribution in [-0.2, 0) is 16.2 Å². The van der Waals surface area contributed by atoms with Gasteiger partial charge in [0.2, 0.25) is 0 Å². The number of hydrazone groups is 1. The molecule has 0 fully saturated rings. The van der Waals surface area contributed by atoms with Crippen LogP contribution in [0.3, 0.4) is 0 Å². The number of carbonyl (C=O) groups is 2. The minimum absolute atomic E-state index is 0.155. The summed E-state index contributed by atoms with van der Waals surface area (Å²) in [6, 6.07) is 14.8. The number of carbonyl (C=O) groups excluding carboxylic acids is 2. The standard InChI is InChI=1S/C25H23ClFN3O4/c1-15-7-4-11-21(16(15)2)29-24(31)25(32)30-28-13-17-8-5-12-22(33-3)23(17)34-14-18-19(26)9-6-10-20(18)27/h4-13H,14H2,1-3H3,(H,29,31)(H,30,32)/b28-13-. The zero-order chi connectivity index (χ0) is 24.7. The fourth-order valence-corrected chi connectivity index (χ4v) is 3.26. The molecule has 0 aliphatic carbocycles. The molecule has 0 radical (unpaired) electrons. The highest BCUT2D eigenvalue weighted by molar-refractivity contribution is 6.39. The Morgan fingerprint density at radius 2 is 1.79 bits per heavy atom. The molecule has 7 nitrogen and oxygen atoms in total. The van der Waals surface area contributed by atoms with Gasteiger partial charge in [0, 0.05) is 16.8 Å². The summed E-state index contributed by atoms with van der Waals surface area (Å²) in [7, 11) is 1.46. The summed E-state index contributed by atoms with van der Waals surface area (Å²) in [5.41, 5.74) is 5.19. The van der Waals surface area contributed by atoms with E-state index in [1.165, 1.54) is 25.5 Å².